The van der Waals surface area contributed by atoms with Crippen molar-refractivity contribution in [2.24, 2.45) is 11.8 Å². The van der Waals surface area contributed by atoms with Gasteiger partial charge in [0.15, 0.2) is 0 Å². The Morgan fingerprint density at radius 1 is 1.28 bits per heavy atom. The number of hydrogen-bond acceptors (Lipinski definition) is 3. The smallest absolute Gasteiger partial charge is 0.0474 e. The predicted octanol–water partition coefficient (Wildman–Crippen LogP) is 3.34. The predicted molar refractivity (Wildman–Crippen MR) is 75.8 cm³/mol. The number of thiophene rings is 1. The number of aliphatic hydroxyl groups excluding tert-OH is 1. The summed E-state index contributed by atoms with van der Waals surface area (Å²) in [5.41, 5.74) is 0. The van der Waals surface area contributed by atoms with Crippen molar-refractivity contribution in [3.8, 4) is 0 Å². The lowest BCUT2D eigenvalue weighted by Crippen LogP contribution is -2.42. The van der Waals surface area contributed by atoms with Crippen LogP contribution >= 0.6 is 11.3 Å². The molecule has 1 heterocycles. The molecule has 0 spiro atoms. The molecule has 1 aromatic heterocycles. The fourth-order valence-electron chi connectivity index (χ4n) is 3.22. The zero-order valence-corrected chi connectivity index (χ0v) is 11.7. The molecule has 2 aliphatic rings. The van der Waals surface area contributed by atoms with Crippen LogP contribution in [0.1, 0.15) is 49.4 Å². The first kappa shape index (κ1) is 12.6. The van der Waals surface area contributed by atoms with Gasteiger partial charge in [0.25, 0.3) is 0 Å². The lowest BCUT2D eigenvalue weighted by atomic mass is 9.84. The summed E-state index contributed by atoms with van der Waals surface area (Å²) in [4.78, 5) is 1.49. The number of aliphatic hydroxyl groups is 1. The normalized spacial score (nSPS) is 30.3. The fraction of sp³-hybridized carbons (Fsp3) is 0.733. The summed E-state index contributed by atoms with van der Waals surface area (Å²) >= 11 is 1.87. The summed E-state index contributed by atoms with van der Waals surface area (Å²) in [5, 5.41) is 15.6. The van der Waals surface area contributed by atoms with E-state index in [0.717, 1.165) is 5.92 Å². The van der Waals surface area contributed by atoms with Gasteiger partial charge in [-0.3, -0.25) is 0 Å². The quantitative estimate of drug-likeness (QED) is 0.856. The molecule has 0 amide bonds. The maximum atomic E-state index is 9.52. The highest BCUT2D eigenvalue weighted by atomic mass is 32.1. The highest BCUT2D eigenvalue weighted by molar-refractivity contribution is 7.10. The minimum Gasteiger partial charge on any atom is -0.396 e. The van der Waals surface area contributed by atoms with E-state index < -0.39 is 0 Å². The van der Waals surface area contributed by atoms with Crippen LogP contribution in [0.2, 0.25) is 0 Å². The first-order valence-corrected chi connectivity index (χ1v) is 8.16. The van der Waals surface area contributed by atoms with Gasteiger partial charge in [0.1, 0.15) is 0 Å². The average Bonchev–Trinajstić information content (AvgIpc) is 3.11. The van der Waals surface area contributed by atoms with E-state index in [2.05, 4.69) is 22.8 Å². The van der Waals surface area contributed by atoms with Gasteiger partial charge in [-0.15, -0.1) is 11.3 Å². The van der Waals surface area contributed by atoms with Crippen molar-refractivity contribution in [1.29, 1.82) is 0 Å². The Balaban J connectivity index is 1.68. The summed E-state index contributed by atoms with van der Waals surface area (Å²) in [6.07, 6.45) is 7.76. The van der Waals surface area contributed by atoms with Crippen molar-refractivity contribution in [3.63, 3.8) is 0 Å². The van der Waals surface area contributed by atoms with E-state index in [4.69, 9.17) is 0 Å². The molecule has 2 nitrogen and oxygen atoms in total. The van der Waals surface area contributed by atoms with E-state index in [9.17, 15) is 5.11 Å². The molecule has 3 rings (SSSR count). The second-order valence-corrected chi connectivity index (χ2v) is 6.81. The Morgan fingerprint density at radius 2 is 2.11 bits per heavy atom. The van der Waals surface area contributed by atoms with E-state index >= 15 is 0 Å². The maximum Gasteiger partial charge on any atom is 0.0474 e. The van der Waals surface area contributed by atoms with Gasteiger partial charge in [0.2, 0.25) is 0 Å². The third kappa shape index (κ3) is 2.79. The summed E-state index contributed by atoms with van der Waals surface area (Å²) in [6.45, 7) is 0.347. The number of hydrogen-bond donors (Lipinski definition) is 2. The lowest BCUT2D eigenvalue weighted by molar-refractivity contribution is 0.143. The third-order valence-corrected chi connectivity index (χ3v) is 5.44. The topological polar surface area (TPSA) is 32.3 Å². The molecule has 2 N–H and O–H groups in total. The largest absolute Gasteiger partial charge is 0.396 e. The van der Waals surface area contributed by atoms with Gasteiger partial charge < -0.3 is 10.4 Å². The molecular weight excluding hydrogens is 242 g/mol. The van der Waals surface area contributed by atoms with Crippen LogP contribution in [0.15, 0.2) is 17.5 Å². The monoisotopic (exact) mass is 265 g/mol. The van der Waals surface area contributed by atoms with Crippen molar-refractivity contribution in [3.05, 3.63) is 22.4 Å². The Hall–Kier alpha value is -0.380. The molecule has 0 aromatic carbocycles. The van der Waals surface area contributed by atoms with Gasteiger partial charge in [-0.2, -0.15) is 0 Å². The molecule has 100 valence electrons. The molecule has 1 aromatic rings. The SMILES string of the molecule is OCC1CCCCC1NC(c1cccs1)C1CC1. The Kier molecular flexibility index (Phi) is 4.02. The standard InChI is InChI=1S/C15H23NOS/c17-10-12-4-1-2-5-13(12)16-15(11-7-8-11)14-6-3-9-18-14/h3,6,9,11-13,15-17H,1-2,4-5,7-8,10H2. The highest BCUT2D eigenvalue weighted by Crippen LogP contribution is 2.43. The number of rotatable bonds is 5. The molecule has 2 fully saturated rings. The summed E-state index contributed by atoms with van der Waals surface area (Å²) in [5.74, 6) is 1.31. The second kappa shape index (κ2) is 5.72. The molecule has 0 radical (unpaired) electrons. The molecular formula is C15H23NOS. The van der Waals surface area contributed by atoms with E-state index in [1.54, 1.807) is 0 Å². The molecule has 0 bridgehead atoms. The summed E-state index contributed by atoms with van der Waals surface area (Å²) in [7, 11) is 0. The van der Waals surface area contributed by atoms with Gasteiger partial charge in [-0.05, 0) is 49.0 Å². The van der Waals surface area contributed by atoms with Crippen LogP contribution in [0, 0.1) is 11.8 Å². The molecule has 18 heavy (non-hydrogen) atoms. The van der Waals surface area contributed by atoms with Gasteiger partial charge in [-0.25, -0.2) is 0 Å². The molecule has 2 saturated carbocycles. The van der Waals surface area contributed by atoms with Crippen LogP contribution in [0.4, 0.5) is 0 Å². The third-order valence-electron chi connectivity index (χ3n) is 4.48. The van der Waals surface area contributed by atoms with Crippen molar-refractivity contribution >= 4 is 11.3 Å². The summed E-state index contributed by atoms with van der Waals surface area (Å²) < 4.78 is 0. The highest BCUT2D eigenvalue weighted by Gasteiger charge is 2.36. The van der Waals surface area contributed by atoms with Crippen LogP contribution in [0.3, 0.4) is 0 Å². The Labute approximate surface area is 113 Å². The van der Waals surface area contributed by atoms with Crippen LogP contribution in [-0.2, 0) is 0 Å². The van der Waals surface area contributed by atoms with Crippen molar-refractivity contribution in [2.75, 3.05) is 6.61 Å². The molecule has 0 aliphatic heterocycles. The minimum atomic E-state index is 0.347. The lowest BCUT2D eigenvalue weighted by Gasteiger charge is -2.34. The summed E-state index contributed by atoms with van der Waals surface area (Å²) in [6, 6.07) is 5.48. The van der Waals surface area contributed by atoms with Crippen LogP contribution in [0.25, 0.3) is 0 Å². The van der Waals surface area contributed by atoms with Crippen molar-refractivity contribution in [2.45, 2.75) is 50.6 Å². The van der Waals surface area contributed by atoms with E-state index in [1.807, 2.05) is 11.3 Å². The Morgan fingerprint density at radius 3 is 2.78 bits per heavy atom. The average molecular weight is 265 g/mol. The van der Waals surface area contributed by atoms with Crippen LogP contribution in [0.5, 0.6) is 0 Å². The van der Waals surface area contributed by atoms with Crippen LogP contribution in [-0.4, -0.2) is 17.8 Å². The van der Waals surface area contributed by atoms with E-state index in [1.165, 1.54) is 43.4 Å². The van der Waals surface area contributed by atoms with Gasteiger partial charge in [0, 0.05) is 23.6 Å². The first-order chi connectivity index (χ1) is 8.88. The first-order valence-electron chi connectivity index (χ1n) is 7.29. The molecule has 0 saturated heterocycles. The van der Waals surface area contributed by atoms with Crippen LogP contribution < -0.4 is 5.32 Å². The van der Waals surface area contributed by atoms with Crippen molar-refractivity contribution in [1.82, 2.24) is 5.32 Å². The molecule has 2 aliphatic carbocycles. The Bertz CT molecular complexity index is 361. The number of nitrogens with one attached hydrogen (secondary N) is 1. The second-order valence-electron chi connectivity index (χ2n) is 5.83. The maximum absolute atomic E-state index is 9.52. The minimum absolute atomic E-state index is 0.347. The van der Waals surface area contributed by atoms with Gasteiger partial charge >= 0.3 is 0 Å². The van der Waals surface area contributed by atoms with Crippen molar-refractivity contribution < 1.29 is 5.11 Å². The van der Waals surface area contributed by atoms with E-state index in [0.29, 0.717) is 24.6 Å². The fourth-order valence-corrected chi connectivity index (χ4v) is 4.10. The zero-order chi connectivity index (χ0) is 12.4. The van der Waals surface area contributed by atoms with Gasteiger partial charge in [0.05, 0.1) is 0 Å². The zero-order valence-electron chi connectivity index (χ0n) is 10.8. The molecule has 3 atom stereocenters. The molecule has 3 heteroatoms. The molecule has 3 unspecified atom stereocenters. The van der Waals surface area contributed by atoms with Gasteiger partial charge in [-0.1, -0.05) is 18.9 Å². The van der Waals surface area contributed by atoms with E-state index in [-0.39, 0.29) is 0 Å².